The van der Waals surface area contributed by atoms with Gasteiger partial charge >= 0.3 is 0 Å². The molecule has 0 saturated heterocycles. The molecule has 21 heavy (non-hydrogen) atoms. The van der Waals surface area contributed by atoms with Crippen molar-refractivity contribution in [1.82, 2.24) is 5.32 Å². The summed E-state index contributed by atoms with van der Waals surface area (Å²) in [6, 6.07) is 13.2. The predicted octanol–water partition coefficient (Wildman–Crippen LogP) is 2.56. The number of ether oxygens (including phenoxy) is 1. The van der Waals surface area contributed by atoms with Crippen LogP contribution < -0.4 is 15.8 Å². The van der Waals surface area contributed by atoms with E-state index in [4.69, 9.17) is 10.5 Å². The van der Waals surface area contributed by atoms with E-state index in [1.54, 1.807) is 18.2 Å². The van der Waals surface area contributed by atoms with E-state index in [-0.39, 0.29) is 5.91 Å². The summed E-state index contributed by atoms with van der Waals surface area (Å²) < 4.78 is 5.12. The normalized spacial score (nSPS) is 10.2. The Labute approximate surface area is 124 Å². The van der Waals surface area contributed by atoms with Crippen molar-refractivity contribution < 1.29 is 9.53 Å². The van der Waals surface area contributed by atoms with Gasteiger partial charge in [0.2, 0.25) is 0 Å². The summed E-state index contributed by atoms with van der Waals surface area (Å²) in [5.41, 5.74) is 9.29. The maximum atomic E-state index is 12.1. The van der Waals surface area contributed by atoms with Crippen LogP contribution in [0.5, 0.6) is 5.75 Å². The van der Waals surface area contributed by atoms with Gasteiger partial charge in [0, 0.05) is 12.1 Å². The number of hydrogen-bond acceptors (Lipinski definition) is 3. The van der Waals surface area contributed by atoms with Crippen LogP contribution in [0.2, 0.25) is 0 Å². The Hall–Kier alpha value is -2.49. The molecule has 3 N–H and O–H groups in total. The van der Waals surface area contributed by atoms with Gasteiger partial charge in [-0.1, -0.05) is 24.3 Å². The molecule has 2 rings (SSSR count). The first kappa shape index (κ1) is 14.9. The fourth-order valence-corrected chi connectivity index (χ4v) is 2.16. The predicted molar refractivity (Wildman–Crippen MR) is 84.6 cm³/mol. The van der Waals surface area contributed by atoms with Crippen molar-refractivity contribution in [2.24, 2.45) is 0 Å². The van der Waals surface area contributed by atoms with Crippen LogP contribution in [0.3, 0.4) is 0 Å². The summed E-state index contributed by atoms with van der Waals surface area (Å²) in [6.45, 7) is 2.67. The lowest BCUT2D eigenvalue weighted by Crippen LogP contribution is -2.25. The molecule has 0 radical (unpaired) electrons. The lowest BCUT2D eigenvalue weighted by Gasteiger charge is -2.09. The third-order valence-corrected chi connectivity index (χ3v) is 3.44. The maximum absolute atomic E-state index is 12.1. The number of benzene rings is 2. The number of anilines is 1. The smallest absolute Gasteiger partial charge is 0.251 e. The van der Waals surface area contributed by atoms with Crippen molar-refractivity contribution in [3.8, 4) is 5.75 Å². The van der Waals surface area contributed by atoms with Crippen molar-refractivity contribution in [2.75, 3.05) is 19.4 Å². The Kier molecular flexibility index (Phi) is 4.82. The van der Waals surface area contributed by atoms with Gasteiger partial charge in [-0.2, -0.15) is 0 Å². The standard InChI is InChI=1S/C17H20N2O2/c1-12-5-3-4-6-13(12)9-10-19-17(20)14-7-8-15(18)16(11-14)21-2/h3-8,11H,9-10,18H2,1-2H3,(H,19,20). The fourth-order valence-electron chi connectivity index (χ4n) is 2.16. The van der Waals surface area contributed by atoms with Crippen LogP contribution in [0.1, 0.15) is 21.5 Å². The van der Waals surface area contributed by atoms with Crippen LogP contribution in [0.4, 0.5) is 5.69 Å². The minimum atomic E-state index is -0.123. The molecule has 0 aliphatic rings. The molecule has 1 amide bonds. The van der Waals surface area contributed by atoms with Crippen molar-refractivity contribution in [2.45, 2.75) is 13.3 Å². The van der Waals surface area contributed by atoms with Crippen LogP contribution in [0.25, 0.3) is 0 Å². The number of amides is 1. The van der Waals surface area contributed by atoms with Crippen LogP contribution in [-0.2, 0) is 6.42 Å². The number of methoxy groups -OCH3 is 1. The van der Waals surface area contributed by atoms with E-state index >= 15 is 0 Å². The second-order valence-corrected chi connectivity index (χ2v) is 4.89. The monoisotopic (exact) mass is 284 g/mol. The maximum Gasteiger partial charge on any atom is 0.251 e. The van der Waals surface area contributed by atoms with E-state index in [2.05, 4.69) is 24.4 Å². The summed E-state index contributed by atoms with van der Waals surface area (Å²) in [5.74, 6) is 0.392. The Bertz CT molecular complexity index is 638. The highest BCUT2D eigenvalue weighted by molar-refractivity contribution is 5.95. The van der Waals surface area contributed by atoms with Crippen molar-refractivity contribution >= 4 is 11.6 Å². The highest BCUT2D eigenvalue weighted by Gasteiger charge is 2.08. The summed E-state index contributed by atoms with van der Waals surface area (Å²) in [5, 5.41) is 2.91. The third kappa shape index (κ3) is 3.75. The molecule has 4 heteroatoms. The van der Waals surface area contributed by atoms with Gasteiger partial charge in [-0.3, -0.25) is 4.79 Å². The van der Waals surface area contributed by atoms with Gasteiger partial charge in [0.05, 0.1) is 12.8 Å². The van der Waals surface area contributed by atoms with E-state index in [9.17, 15) is 4.79 Å². The van der Waals surface area contributed by atoms with Gasteiger partial charge in [-0.25, -0.2) is 0 Å². The largest absolute Gasteiger partial charge is 0.495 e. The number of nitrogen functional groups attached to an aromatic ring is 1. The number of nitrogens with two attached hydrogens (primary N) is 1. The van der Waals surface area contributed by atoms with Crippen LogP contribution in [0.15, 0.2) is 42.5 Å². The quantitative estimate of drug-likeness (QED) is 0.829. The zero-order chi connectivity index (χ0) is 15.2. The molecule has 0 spiro atoms. The van der Waals surface area contributed by atoms with Gasteiger partial charge in [0.25, 0.3) is 5.91 Å². The average Bonchev–Trinajstić information content (AvgIpc) is 2.49. The zero-order valence-electron chi connectivity index (χ0n) is 12.3. The molecule has 2 aromatic carbocycles. The fraction of sp³-hybridized carbons (Fsp3) is 0.235. The molecule has 110 valence electrons. The molecule has 0 atom stereocenters. The molecule has 0 fully saturated rings. The van der Waals surface area contributed by atoms with Gasteiger partial charge in [0.1, 0.15) is 5.75 Å². The summed E-state index contributed by atoms with van der Waals surface area (Å²) in [4.78, 5) is 12.1. The lowest BCUT2D eigenvalue weighted by molar-refractivity contribution is 0.0954. The van der Waals surface area contributed by atoms with Crippen molar-refractivity contribution in [1.29, 1.82) is 0 Å². The van der Waals surface area contributed by atoms with E-state index in [0.717, 1.165) is 6.42 Å². The molecule has 2 aromatic rings. The van der Waals surface area contributed by atoms with Crippen LogP contribution in [-0.4, -0.2) is 19.6 Å². The molecule has 0 unspecified atom stereocenters. The molecule has 0 bridgehead atoms. The molecular formula is C17H20N2O2. The van der Waals surface area contributed by atoms with Gasteiger partial charge in [-0.05, 0) is 42.7 Å². The lowest BCUT2D eigenvalue weighted by atomic mass is 10.1. The average molecular weight is 284 g/mol. The number of rotatable bonds is 5. The minimum absolute atomic E-state index is 0.123. The van der Waals surface area contributed by atoms with E-state index in [1.807, 2.05) is 12.1 Å². The number of aryl methyl sites for hydroxylation is 1. The first-order chi connectivity index (χ1) is 10.1. The number of carbonyl (C=O) groups is 1. The SMILES string of the molecule is COc1cc(C(=O)NCCc2ccccc2C)ccc1N. The molecule has 0 heterocycles. The first-order valence-corrected chi connectivity index (χ1v) is 6.88. The minimum Gasteiger partial charge on any atom is -0.495 e. The zero-order valence-corrected chi connectivity index (χ0v) is 12.3. The Morgan fingerprint density at radius 1 is 1.24 bits per heavy atom. The Morgan fingerprint density at radius 3 is 2.71 bits per heavy atom. The molecule has 4 nitrogen and oxygen atoms in total. The number of hydrogen-bond donors (Lipinski definition) is 2. The van der Waals surface area contributed by atoms with Gasteiger partial charge in [0.15, 0.2) is 0 Å². The molecule has 0 aromatic heterocycles. The highest BCUT2D eigenvalue weighted by Crippen LogP contribution is 2.22. The van der Waals surface area contributed by atoms with Gasteiger partial charge in [-0.15, -0.1) is 0 Å². The van der Waals surface area contributed by atoms with Crippen LogP contribution in [0, 0.1) is 6.92 Å². The van der Waals surface area contributed by atoms with Crippen molar-refractivity contribution in [3.63, 3.8) is 0 Å². The third-order valence-electron chi connectivity index (χ3n) is 3.44. The highest BCUT2D eigenvalue weighted by atomic mass is 16.5. The summed E-state index contributed by atoms with van der Waals surface area (Å²) >= 11 is 0. The molecule has 0 aliphatic heterocycles. The van der Waals surface area contributed by atoms with E-state index in [0.29, 0.717) is 23.5 Å². The number of nitrogens with one attached hydrogen (secondary N) is 1. The van der Waals surface area contributed by atoms with Crippen molar-refractivity contribution in [3.05, 3.63) is 59.2 Å². The summed E-state index contributed by atoms with van der Waals surface area (Å²) in [6.07, 6.45) is 0.810. The second-order valence-electron chi connectivity index (χ2n) is 4.89. The van der Waals surface area contributed by atoms with E-state index < -0.39 is 0 Å². The molecule has 0 aliphatic carbocycles. The Balaban J connectivity index is 1.95. The molecule has 0 saturated carbocycles. The Morgan fingerprint density at radius 2 is 2.00 bits per heavy atom. The number of carbonyl (C=O) groups excluding carboxylic acids is 1. The van der Waals surface area contributed by atoms with Crippen LogP contribution >= 0.6 is 0 Å². The first-order valence-electron chi connectivity index (χ1n) is 6.88. The topological polar surface area (TPSA) is 64.3 Å². The molecular weight excluding hydrogens is 264 g/mol. The van der Waals surface area contributed by atoms with E-state index in [1.165, 1.54) is 18.2 Å². The van der Waals surface area contributed by atoms with Gasteiger partial charge < -0.3 is 15.8 Å². The second kappa shape index (κ2) is 6.79. The summed E-state index contributed by atoms with van der Waals surface area (Å²) in [7, 11) is 1.53.